The first-order chi connectivity index (χ1) is 9.72. The zero-order valence-corrected chi connectivity index (χ0v) is 11.1. The molecule has 1 aromatic carbocycles. The minimum Gasteiger partial charge on any atom is -0.380 e. The SMILES string of the molecule is COCc1cccc(NC(=O)c2cc(NN)ccn2)c1. The molecule has 0 saturated carbocycles. The largest absolute Gasteiger partial charge is 0.380 e. The van der Waals surface area contributed by atoms with Gasteiger partial charge in [0.15, 0.2) is 0 Å². The molecule has 0 aliphatic carbocycles. The fraction of sp³-hybridized carbons (Fsp3) is 0.143. The van der Waals surface area contributed by atoms with Crippen molar-refractivity contribution in [3.05, 3.63) is 53.9 Å². The summed E-state index contributed by atoms with van der Waals surface area (Å²) in [7, 11) is 1.63. The number of amides is 1. The number of hydrazine groups is 1. The van der Waals surface area contributed by atoms with Crippen molar-refractivity contribution in [3.8, 4) is 0 Å². The quantitative estimate of drug-likeness (QED) is 0.570. The number of nitrogen functional groups attached to an aromatic ring is 1. The van der Waals surface area contributed by atoms with Crippen LogP contribution in [0.25, 0.3) is 0 Å². The minimum atomic E-state index is -0.295. The fourth-order valence-corrected chi connectivity index (χ4v) is 1.75. The van der Waals surface area contributed by atoms with Gasteiger partial charge in [0.1, 0.15) is 5.69 Å². The Morgan fingerprint density at radius 2 is 2.15 bits per heavy atom. The summed E-state index contributed by atoms with van der Waals surface area (Å²) in [5.74, 6) is 5.01. The van der Waals surface area contributed by atoms with Crippen molar-refractivity contribution in [1.82, 2.24) is 4.98 Å². The van der Waals surface area contributed by atoms with Crippen LogP contribution in [0, 0.1) is 0 Å². The van der Waals surface area contributed by atoms with E-state index in [2.05, 4.69) is 15.7 Å². The van der Waals surface area contributed by atoms with Gasteiger partial charge in [-0.3, -0.25) is 15.6 Å². The Morgan fingerprint density at radius 3 is 2.90 bits per heavy atom. The molecule has 1 aromatic heterocycles. The third-order valence-corrected chi connectivity index (χ3v) is 2.66. The van der Waals surface area contributed by atoms with Crippen LogP contribution >= 0.6 is 0 Å². The molecule has 20 heavy (non-hydrogen) atoms. The van der Waals surface area contributed by atoms with Gasteiger partial charge in [-0.25, -0.2) is 0 Å². The highest BCUT2D eigenvalue weighted by atomic mass is 16.5. The molecule has 0 aliphatic heterocycles. The maximum Gasteiger partial charge on any atom is 0.274 e. The van der Waals surface area contributed by atoms with Crippen LogP contribution in [0.5, 0.6) is 0 Å². The fourth-order valence-electron chi connectivity index (χ4n) is 1.75. The van der Waals surface area contributed by atoms with Crippen LogP contribution in [0.15, 0.2) is 42.6 Å². The molecule has 0 saturated heterocycles. The minimum absolute atomic E-state index is 0.289. The average molecular weight is 272 g/mol. The first-order valence-electron chi connectivity index (χ1n) is 6.05. The van der Waals surface area contributed by atoms with Gasteiger partial charge in [-0.15, -0.1) is 0 Å². The summed E-state index contributed by atoms with van der Waals surface area (Å²) < 4.78 is 5.06. The molecule has 0 spiro atoms. The van der Waals surface area contributed by atoms with Crippen LogP contribution in [0.2, 0.25) is 0 Å². The van der Waals surface area contributed by atoms with Crippen molar-refractivity contribution >= 4 is 17.3 Å². The molecule has 0 fully saturated rings. The number of pyridine rings is 1. The van der Waals surface area contributed by atoms with Gasteiger partial charge in [0.05, 0.1) is 12.3 Å². The lowest BCUT2D eigenvalue weighted by Crippen LogP contribution is -2.15. The average Bonchev–Trinajstić information content (AvgIpc) is 2.48. The van der Waals surface area contributed by atoms with Crippen LogP contribution in [-0.4, -0.2) is 18.0 Å². The Hall–Kier alpha value is -2.44. The van der Waals surface area contributed by atoms with Crippen molar-refractivity contribution in [2.24, 2.45) is 5.84 Å². The number of rotatable bonds is 5. The lowest BCUT2D eigenvalue weighted by atomic mass is 10.2. The Balaban J connectivity index is 2.12. The van der Waals surface area contributed by atoms with Gasteiger partial charge in [-0.2, -0.15) is 0 Å². The molecule has 6 heteroatoms. The van der Waals surface area contributed by atoms with Crippen molar-refractivity contribution < 1.29 is 9.53 Å². The predicted octanol–water partition coefficient (Wildman–Crippen LogP) is 1.77. The van der Waals surface area contributed by atoms with Crippen molar-refractivity contribution in [2.75, 3.05) is 17.9 Å². The third kappa shape index (κ3) is 3.53. The Morgan fingerprint density at radius 1 is 1.30 bits per heavy atom. The number of nitrogens with one attached hydrogen (secondary N) is 2. The highest BCUT2D eigenvalue weighted by Crippen LogP contribution is 2.13. The number of nitrogens with two attached hydrogens (primary N) is 1. The summed E-state index contributed by atoms with van der Waals surface area (Å²) in [6.45, 7) is 0.495. The lowest BCUT2D eigenvalue weighted by molar-refractivity contribution is 0.102. The normalized spacial score (nSPS) is 10.1. The van der Waals surface area contributed by atoms with E-state index in [9.17, 15) is 4.79 Å². The highest BCUT2D eigenvalue weighted by molar-refractivity contribution is 6.03. The van der Waals surface area contributed by atoms with E-state index in [1.165, 1.54) is 6.20 Å². The molecule has 4 N–H and O–H groups in total. The summed E-state index contributed by atoms with van der Waals surface area (Å²) in [5.41, 5.74) is 5.06. The van der Waals surface area contributed by atoms with Gasteiger partial charge in [-0.05, 0) is 29.8 Å². The van der Waals surface area contributed by atoms with E-state index in [1.54, 1.807) is 19.2 Å². The van der Waals surface area contributed by atoms with E-state index in [0.717, 1.165) is 5.56 Å². The monoisotopic (exact) mass is 272 g/mol. The second kappa shape index (κ2) is 6.65. The zero-order chi connectivity index (χ0) is 14.4. The molecule has 104 valence electrons. The van der Waals surface area contributed by atoms with E-state index in [-0.39, 0.29) is 11.6 Å². The van der Waals surface area contributed by atoms with Crippen LogP contribution in [-0.2, 0) is 11.3 Å². The molecular formula is C14H16N4O2. The van der Waals surface area contributed by atoms with E-state index in [4.69, 9.17) is 10.6 Å². The molecule has 0 unspecified atom stereocenters. The number of aromatic nitrogens is 1. The number of methoxy groups -OCH3 is 1. The maximum atomic E-state index is 12.1. The van der Waals surface area contributed by atoms with E-state index < -0.39 is 0 Å². The second-order valence-corrected chi connectivity index (χ2v) is 4.16. The van der Waals surface area contributed by atoms with Crippen LogP contribution in [0.1, 0.15) is 16.1 Å². The number of carbonyl (C=O) groups is 1. The topological polar surface area (TPSA) is 89.3 Å². The number of anilines is 2. The van der Waals surface area contributed by atoms with Gasteiger partial charge in [-0.1, -0.05) is 12.1 Å². The number of nitrogens with zero attached hydrogens (tertiary/aromatic N) is 1. The molecule has 0 aliphatic rings. The second-order valence-electron chi connectivity index (χ2n) is 4.16. The number of benzene rings is 1. The number of carbonyl (C=O) groups excluding carboxylic acids is 1. The van der Waals surface area contributed by atoms with Gasteiger partial charge in [0, 0.05) is 19.0 Å². The number of hydrogen-bond acceptors (Lipinski definition) is 5. The number of hydrogen-bond donors (Lipinski definition) is 3. The van der Waals surface area contributed by atoms with Crippen LogP contribution < -0.4 is 16.6 Å². The van der Waals surface area contributed by atoms with Crippen LogP contribution in [0.3, 0.4) is 0 Å². The molecule has 0 atom stereocenters. The van der Waals surface area contributed by atoms with Gasteiger partial charge < -0.3 is 15.5 Å². The van der Waals surface area contributed by atoms with Crippen molar-refractivity contribution in [1.29, 1.82) is 0 Å². The molecule has 6 nitrogen and oxygen atoms in total. The number of ether oxygens (including phenoxy) is 1. The molecule has 2 aromatic rings. The highest BCUT2D eigenvalue weighted by Gasteiger charge is 2.08. The van der Waals surface area contributed by atoms with E-state index in [0.29, 0.717) is 18.0 Å². The Labute approximate surface area is 116 Å². The third-order valence-electron chi connectivity index (χ3n) is 2.66. The summed E-state index contributed by atoms with van der Waals surface area (Å²) in [6.07, 6.45) is 1.52. The molecule has 1 amide bonds. The molecule has 1 heterocycles. The smallest absolute Gasteiger partial charge is 0.274 e. The molecule has 2 rings (SSSR count). The Bertz CT molecular complexity index is 601. The Kier molecular flexibility index (Phi) is 4.65. The maximum absolute atomic E-state index is 12.1. The van der Waals surface area contributed by atoms with Gasteiger partial charge in [0.2, 0.25) is 0 Å². The van der Waals surface area contributed by atoms with E-state index >= 15 is 0 Å². The van der Waals surface area contributed by atoms with Crippen molar-refractivity contribution in [3.63, 3.8) is 0 Å². The standard InChI is InChI=1S/C14H16N4O2/c1-20-9-10-3-2-4-11(7-10)17-14(19)13-8-12(18-15)5-6-16-13/h2-8H,9,15H2,1H3,(H,16,18)(H,17,19). The molecule has 0 radical (unpaired) electrons. The lowest BCUT2D eigenvalue weighted by Gasteiger charge is -2.07. The summed E-state index contributed by atoms with van der Waals surface area (Å²) in [5, 5.41) is 2.78. The predicted molar refractivity (Wildman–Crippen MR) is 77.2 cm³/mol. The molecular weight excluding hydrogens is 256 g/mol. The summed E-state index contributed by atoms with van der Waals surface area (Å²) in [6, 6.07) is 10.7. The first kappa shape index (κ1) is 14.0. The van der Waals surface area contributed by atoms with Gasteiger partial charge in [0.25, 0.3) is 5.91 Å². The summed E-state index contributed by atoms with van der Waals surface area (Å²) >= 11 is 0. The van der Waals surface area contributed by atoms with Crippen LogP contribution in [0.4, 0.5) is 11.4 Å². The van der Waals surface area contributed by atoms with Gasteiger partial charge >= 0.3 is 0 Å². The first-order valence-corrected chi connectivity index (χ1v) is 6.05. The molecule has 0 bridgehead atoms. The van der Waals surface area contributed by atoms with Crippen molar-refractivity contribution in [2.45, 2.75) is 6.61 Å². The zero-order valence-electron chi connectivity index (χ0n) is 11.1. The summed E-state index contributed by atoms with van der Waals surface area (Å²) in [4.78, 5) is 16.1. The van der Waals surface area contributed by atoms with E-state index in [1.807, 2.05) is 24.3 Å².